The number of carbonyl (C=O) groups excluding carboxylic acids is 1. The average molecular weight is 392 g/mol. The molecule has 0 saturated carbocycles. The Kier molecular flexibility index (Phi) is 6.68. The number of aromatic nitrogens is 1. The molecular weight excluding hydrogens is 368 g/mol. The predicted molar refractivity (Wildman–Crippen MR) is 111 cm³/mol. The second-order valence-electron chi connectivity index (χ2n) is 6.52. The lowest BCUT2D eigenvalue weighted by Gasteiger charge is -2.13. The third kappa shape index (κ3) is 5.48. The SMILES string of the molecule is CCOc1cccc(C(=O)NCc2cc(=O)c(OCc3ccccc3)cn2C)c1. The topological polar surface area (TPSA) is 69.6 Å². The molecule has 0 aliphatic heterocycles. The summed E-state index contributed by atoms with van der Waals surface area (Å²) in [7, 11) is 1.81. The highest BCUT2D eigenvalue weighted by Crippen LogP contribution is 2.14. The van der Waals surface area contributed by atoms with E-state index < -0.39 is 0 Å². The van der Waals surface area contributed by atoms with Gasteiger partial charge in [0.2, 0.25) is 5.43 Å². The van der Waals surface area contributed by atoms with E-state index in [1.807, 2.05) is 44.3 Å². The van der Waals surface area contributed by atoms with Crippen molar-refractivity contribution in [2.24, 2.45) is 7.05 Å². The first-order valence-electron chi connectivity index (χ1n) is 9.44. The van der Waals surface area contributed by atoms with Gasteiger partial charge in [0.1, 0.15) is 12.4 Å². The third-order valence-electron chi connectivity index (χ3n) is 4.38. The zero-order valence-corrected chi connectivity index (χ0v) is 16.6. The van der Waals surface area contributed by atoms with Crippen molar-refractivity contribution in [3.63, 3.8) is 0 Å². The van der Waals surface area contributed by atoms with Crippen molar-refractivity contribution in [2.45, 2.75) is 20.1 Å². The van der Waals surface area contributed by atoms with Crippen LogP contribution in [0.2, 0.25) is 0 Å². The van der Waals surface area contributed by atoms with Crippen molar-refractivity contribution in [1.29, 1.82) is 0 Å². The maximum absolute atomic E-state index is 12.4. The maximum atomic E-state index is 12.4. The summed E-state index contributed by atoms with van der Waals surface area (Å²) in [6, 6.07) is 18.1. The van der Waals surface area contributed by atoms with Crippen LogP contribution in [-0.4, -0.2) is 17.1 Å². The number of nitrogens with one attached hydrogen (secondary N) is 1. The van der Waals surface area contributed by atoms with Crippen LogP contribution in [-0.2, 0) is 20.2 Å². The molecule has 0 aliphatic rings. The van der Waals surface area contributed by atoms with E-state index in [0.717, 1.165) is 5.56 Å². The lowest BCUT2D eigenvalue weighted by Crippen LogP contribution is -2.25. The minimum absolute atomic E-state index is 0.221. The molecule has 0 spiro atoms. The lowest BCUT2D eigenvalue weighted by molar-refractivity contribution is 0.0949. The molecular formula is C23H24N2O4. The van der Waals surface area contributed by atoms with Gasteiger partial charge in [-0.2, -0.15) is 0 Å². The molecule has 1 heterocycles. The summed E-state index contributed by atoms with van der Waals surface area (Å²) in [5, 5.41) is 2.83. The van der Waals surface area contributed by atoms with Crippen molar-refractivity contribution in [2.75, 3.05) is 6.61 Å². The van der Waals surface area contributed by atoms with E-state index in [1.54, 1.807) is 35.0 Å². The Balaban J connectivity index is 1.64. The van der Waals surface area contributed by atoms with E-state index in [0.29, 0.717) is 30.2 Å². The molecule has 3 aromatic rings. The standard InChI is InChI=1S/C23H24N2O4/c1-3-28-20-11-7-10-18(12-20)23(27)24-14-19-13-21(26)22(15-25(19)2)29-16-17-8-5-4-6-9-17/h4-13,15H,3,14,16H2,1-2H3,(H,24,27). The largest absolute Gasteiger partial charge is 0.494 e. The van der Waals surface area contributed by atoms with Gasteiger partial charge in [-0.05, 0) is 30.7 Å². The van der Waals surface area contributed by atoms with Gasteiger partial charge in [-0.25, -0.2) is 0 Å². The van der Waals surface area contributed by atoms with Crippen LogP contribution in [0.15, 0.2) is 71.7 Å². The van der Waals surface area contributed by atoms with E-state index in [9.17, 15) is 9.59 Å². The van der Waals surface area contributed by atoms with Gasteiger partial charge >= 0.3 is 0 Å². The number of pyridine rings is 1. The summed E-state index contributed by atoms with van der Waals surface area (Å²) in [6.45, 7) is 2.97. The van der Waals surface area contributed by atoms with Crippen molar-refractivity contribution in [3.8, 4) is 11.5 Å². The van der Waals surface area contributed by atoms with Crippen molar-refractivity contribution < 1.29 is 14.3 Å². The molecule has 2 aromatic carbocycles. The quantitative estimate of drug-likeness (QED) is 0.639. The predicted octanol–water partition coefficient (Wildman–Crippen LogP) is 3.29. The molecule has 29 heavy (non-hydrogen) atoms. The Morgan fingerprint density at radius 3 is 2.59 bits per heavy atom. The summed E-state index contributed by atoms with van der Waals surface area (Å²) in [5.74, 6) is 0.687. The fourth-order valence-corrected chi connectivity index (χ4v) is 2.83. The molecule has 0 atom stereocenters. The van der Waals surface area contributed by atoms with E-state index in [2.05, 4.69) is 5.32 Å². The second kappa shape index (κ2) is 9.59. The minimum Gasteiger partial charge on any atom is -0.494 e. The van der Waals surface area contributed by atoms with Gasteiger partial charge in [-0.1, -0.05) is 36.4 Å². The molecule has 0 saturated heterocycles. The molecule has 6 nitrogen and oxygen atoms in total. The molecule has 0 bridgehead atoms. The molecule has 1 amide bonds. The van der Waals surface area contributed by atoms with E-state index in [-0.39, 0.29) is 23.6 Å². The van der Waals surface area contributed by atoms with Crippen LogP contribution in [0, 0.1) is 0 Å². The Hall–Kier alpha value is -3.54. The molecule has 6 heteroatoms. The fourth-order valence-electron chi connectivity index (χ4n) is 2.83. The fraction of sp³-hybridized carbons (Fsp3) is 0.217. The first kappa shape index (κ1) is 20.2. The average Bonchev–Trinajstić information content (AvgIpc) is 2.74. The number of amides is 1. The highest BCUT2D eigenvalue weighted by Gasteiger charge is 2.10. The first-order chi connectivity index (χ1) is 14.1. The lowest BCUT2D eigenvalue weighted by atomic mass is 10.2. The number of carbonyl (C=O) groups is 1. The summed E-state index contributed by atoms with van der Waals surface area (Å²) >= 11 is 0. The summed E-state index contributed by atoms with van der Waals surface area (Å²) in [5.41, 5.74) is 1.95. The number of hydrogen-bond acceptors (Lipinski definition) is 4. The van der Waals surface area contributed by atoms with E-state index in [4.69, 9.17) is 9.47 Å². The monoisotopic (exact) mass is 392 g/mol. The van der Waals surface area contributed by atoms with Crippen molar-refractivity contribution in [1.82, 2.24) is 9.88 Å². The van der Waals surface area contributed by atoms with Crippen LogP contribution < -0.4 is 20.2 Å². The normalized spacial score (nSPS) is 10.4. The highest BCUT2D eigenvalue weighted by atomic mass is 16.5. The smallest absolute Gasteiger partial charge is 0.251 e. The molecule has 0 fully saturated rings. The second-order valence-corrected chi connectivity index (χ2v) is 6.52. The van der Waals surface area contributed by atoms with E-state index >= 15 is 0 Å². The molecule has 0 unspecified atom stereocenters. The van der Waals surface area contributed by atoms with Crippen molar-refractivity contribution >= 4 is 5.91 Å². The molecule has 150 valence electrons. The van der Waals surface area contributed by atoms with Gasteiger partial charge in [0.05, 0.1) is 19.3 Å². The number of nitrogens with zero attached hydrogens (tertiary/aromatic N) is 1. The molecule has 1 N–H and O–H groups in total. The number of rotatable bonds is 8. The van der Waals surface area contributed by atoms with Crippen LogP contribution in [0.25, 0.3) is 0 Å². The van der Waals surface area contributed by atoms with Crippen LogP contribution in [0.3, 0.4) is 0 Å². The molecule has 3 rings (SSSR count). The minimum atomic E-state index is -0.233. The zero-order chi connectivity index (χ0) is 20.6. The first-order valence-corrected chi connectivity index (χ1v) is 9.44. The molecule has 0 aliphatic carbocycles. The highest BCUT2D eigenvalue weighted by molar-refractivity contribution is 5.94. The Morgan fingerprint density at radius 2 is 1.83 bits per heavy atom. The van der Waals surface area contributed by atoms with Gasteiger partial charge in [-0.15, -0.1) is 0 Å². The van der Waals surface area contributed by atoms with Gasteiger partial charge in [0, 0.05) is 24.4 Å². The Bertz CT molecular complexity index is 1030. The Morgan fingerprint density at radius 1 is 1.03 bits per heavy atom. The zero-order valence-electron chi connectivity index (χ0n) is 16.6. The Labute approximate surface area is 169 Å². The third-order valence-corrected chi connectivity index (χ3v) is 4.38. The molecule has 1 aromatic heterocycles. The van der Waals surface area contributed by atoms with Crippen LogP contribution in [0.1, 0.15) is 28.5 Å². The van der Waals surface area contributed by atoms with Gasteiger partial charge in [-0.3, -0.25) is 9.59 Å². The van der Waals surface area contributed by atoms with Crippen molar-refractivity contribution in [3.05, 3.63) is 93.9 Å². The summed E-state index contributed by atoms with van der Waals surface area (Å²) in [4.78, 5) is 24.8. The van der Waals surface area contributed by atoms with Gasteiger partial charge in [0.25, 0.3) is 5.91 Å². The summed E-state index contributed by atoms with van der Waals surface area (Å²) < 4.78 is 12.9. The van der Waals surface area contributed by atoms with Crippen LogP contribution in [0.5, 0.6) is 11.5 Å². The van der Waals surface area contributed by atoms with E-state index in [1.165, 1.54) is 6.07 Å². The number of ether oxygens (including phenoxy) is 2. The molecule has 0 radical (unpaired) electrons. The van der Waals surface area contributed by atoms with Gasteiger partial charge in [0.15, 0.2) is 5.75 Å². The van der Waals surface area contributed by atoms with Gasteiger partial charge < -0.3 is 19.4 Å². The number of aryl methyl sites for hydroxylation is 1. The maximum Gasteiger partial charge on any atom is 0.251 e. The summed E-state index contributed by atoms with van der Waals surface area (Å²) in [6.07, 6.45) is 1.64. The number of benzene rings is 2. The van der Waals surface area contributed by atoms with Crippen LogP contribution >= 0.6 is 0 Å². The van der Waals surface area contributed by atoms with Crippen LogP contribution in [0.4, 0.5) is 0 Å². The number of hydrogen-bond donors (Lipinski definition) is 1.